The monoisotopic (exact) mass is 431 g/mol. The van der Waals surface area contributed by atoms with Crippen molar-refractivity contribution in [3.05, 3.63) is 29.6 Å². The summed E-state index contributed by atoms with van der Waals surface area (Å²) >= 11 is 0. The summed E-state index contributed by atoms with van der Waals surface area (Å²) in [5.74, 6) is 0.869. The van der Waals surface area contributed by atoms with Gasteiger partial charge in [-0.2, -0.15) is 0 Å². The Balaban J connectivity index is 0.00000264. The molecule has 130 valence electrons. The topological polar surface area (TPSA) is 52.6 Å². The molecule has 0 radical (unpaired) electrons. The van der Waals surface area contributed by atoms with E-state index in [0.717, 1.165) is 24.7 Å². The maximum Gasteiger partial charge on any atom is 0.191 e. The van der Waals surface area contributed by atoms with Gasteiger partial charge in [0.15, 0.2) is 5.96 Å². The lowest BCUT2D eigenvalue weighted by atomic mass is 10.0. The van der Waals surface area contributed by atoms with E-state index in [9.17, 15) is 0 Å². The van der Waals surface area contributed by atoms with Gasteiger partial charge in [-0.15, -0.1) is 24.0 Å². The van der Waals surface area contributed by atoms with Crippen molar-refractivity contribution in [2.45, 2.75) is 52.2 Å². The minimum atomic E-state index is 0. The number of nitrogens with zero attached hydrogens (tertiary/aromatic N) is 3. The number of likely N-dealkylation sites (tertiary alicyclic amines) is 1. The van der Waals surface area contributed by atoms with Gasteiger partial charge in [0, 0.05) is 38.4 Å². The van der Waals surface area contributed by atoms with Gasteiger partial charge in [0.25, 0.3) is 0 Å². The number of aromatic nitrogens is 1. The molecule has 1 aliphatic rings. The lowest BCUT2D eigenvalue weighted by Crippen LogP contribution is -2.49. The number of aliphatic imine (C=N–C) groups is 1. The number of hydrogen-bond acceptors (Lipinski definition) is 3. The lowest BCUT2D eigenvalue weighted by Gasteiger charge is -2.35. The van der Waals surface area contributed by atoms with Gasteiger partial charge in [-0.05, 0) is 45.2 Å². The van der Waals surface area contributed by atoms with Crippen molar-refractivity contribution in [1.29, 1.82) is 0 Å². The summed E-state index contributed by atoms with van der Waals surface area (Å²) in [6.45, 7) is 9.64. The van der Waals surface area contributed by atoms with Crippen LogP contribution in [0.5, 0.6) is 0 Å². The number of rotatable bonds is 4. The van der Waals surface area contributed by atoms with E-state index in [-0.39, 0.29) is 24.0 Å². The van der Waals surface area contributed by atoms with Crippen molar-refractivity contribution in [3.63, 3.8) is 0 Å². The summed E-state index contributed by atoms with van der Waals surface area (Å²) in [5.41, 5.74) is 2.27. The van der Waals surface area contributed by atoms with Crippen LogP contribution in [0.3, 0.4) is 0 Å². The first-order valence-electron chi connectivity index (χ1n) is 8.22. The van der Waals surface area contributed by atoms with Crippen LogP contribution in [-0.4, -0.2) is 48.1 Å². The summed E-state index contributed by atoms with van der Waals surface area (Å²) in [7, 11) is 1.82. The van der Waals surface area contributed by atoms with Crippen molar-refractivity contribution >= 4 is 29.9 Å². The molecular weight excluding hydrogens is 401 g/mol. The van der Waals surface area contributed by atoms with Crippen LogP contribution in [0.4, 0.5) is 0 Å². The van der Waals surface area contributed by atoms with Crippen molar-refractivity contribution in [2.24, 2.45) is 4.99 Å². The molecule has 2 heterocycles. The zero-order chi connectivity index (χ0) is 15.9. The van der Waals surface area contributed by atoms with Gasteiger partial charge in [-0.25, -0.2) is 0 Å². The number of halogens is 1. The Morgan fingerprint density at radius 3 is 2.65 bits per heavy atom. The van der Waals surface area contributed by atoms with Crippen LogP contribution in [0.25, 0.3) is 0 Å². The lowest BCUT2D eigenvalue weighted by molar-refractivity contribution is 0.167. The number of piperidine rings is 1. The van der Waals surface area contributed by atoms with Crippen LogP contribution in [-0.2, 0) is 6.54 Å². The molecule has 0 bridgehead atoms. The normalized spacial score (nSPS) is 17.0. The summed E-state index contributed by atoms with van der Waals surface area (Å²) in [6, 6.07) is 5.20. The second-order valence-electron chi connectivity index (χ2n) is 6.24. The fourth-order valence-electron chi connectivity index (χ4n) is 2.82. The highest BCUT2D eigenvalue weighted by molar-refractivity contribution is 14.0. The molecule has 0 unspecified atom stereocenters. The van der Waals surface area contributed by atoms with E-state index < -0.39 is 0 Å². The van der Waals surface area contributed by atoms with Crippen LogP contribution in [0, 0.1) is 6.92 Å². The molecule has 23 heavy (non-hydrogen) atoms. The maximum absolute atomic E-state index is 4.41. The number of hydrogen-bond donors (Lipinski definition) is 2. The Bertz CT molecular complexity index is 496. The average Bonchev–Trinajstić information content (AvgIpc) is 2.53. The van der Waals surface area contributed by atoms with Gasteiger partial charge < -0.3 is 15.5 Å². The van der Waals surface area contributed by atoms with Crippen molar-refractivity contribution < 1.29 is 0 Å². The number of nitrogens with one attached hydrogen (secondary N) is 2. The van der Waals surface area contributed by atoms with Gasteiger partial charge in [0.1, 0.15) is 0 Å². The summed E-state index contributed by atoms with van der Waals surface area (Å²) < 4.78 is 0. The Kier molecular flexibility index (Phi) is 8.83. The van der Waals surface area contributed by atoms with Gasteiger partial charge in [0.2, 0.25) is 0 Å². The zero-order valence-corrected chi connectivity index (χ0v) is 17.0. The molecule has 1 saturated heterocycles. The molecule has 1 fully saturated rings. The first kappa shape index (κ1) is 20.2. The molecule has 0 saturated carbocycles. The summed E-state index contributed by atoms with van der Waals surface area (Å²) in [5, 5.41) is 6.91. The third kappa shape index (κ3) is 6.25. The summed E-state index contributed by atoms with van der Waals surface area (Å²) in [6.07, 6.45) is 4.17. The van der Waals surface area contributed by atoms with E-state index >= 15 is 0 Å². The molecule has 1 aromatic heterocycles. The van der Waals surface area contributed by atoms with Gasteiger partial charge in [-0.1, -0.05) is 6.07 Å². The van der Waals surface area contributed by atoms with Crippen molar-refractivity contribution in [3.8, 4) is 0 Å². The molecular formula is C17H30IN5. The highest BCUT2D eigenvalue weighted by Gasteiger charge is 2.21. The highest BCUT2D eigenvalue weighted by Crippen LogP contribution is 2.12. The van der Waals surface area contributed by atoms with Crippen LogP contribution in [0.1, 0.15) is 37.9 Å². The third-order valence-corrected chi connectivity index (χ3v) is 4.37. The second kappa shape index (κ2) is 10.1. The molecule has 1 aromatic rings. The fraction of sp³-hybridized carbons (Fsp3) is 0.647. The average molecular weight is 431 g/mol. The van der Waals surface area contributed by atoms with Gasteiger partial charge in [0.05, 0.1) is 12.2 Å². The molecule has 0 aliphatic carbocycles. The Morgan fingerprint density at radius 1 is 1.39 bits per heavy atom. The van der Waals surface area contributed by atoms with E-state index in [0.29, 0.717) is 18.6 Å². The Labute approximate surface area is 157 Å². The zero-order valence-electron chi connectivity index (χ0n) is 14.7. The minimum absolute atomic E-state index is 0. The molecule has 2 N–H and O–H groups in total. The molecule has 0 amide bonds. The van der Waals surface area contributed by atoms with Crippen molar-refractivity contribution in [2.75, 3.05) is 20.1 Å². The number of aryl methyl sites for hydroxylation is 1. The van der Waals surface area contributed by atoms with E-state index in [1.165, 1.54) is 18.4 Å². The van der Waals surface area contributed by atoms with Gasteiger partial charge >= 0.3 is 0 Å². The molecule has 6 heteroatoms. The molecule has 1 aliphatic heterocycles. The molecule has 2 rings (SSSR count). The number of guanidine groups is 1. The Morgan fingerprint density at radius 2 is 2.09 bits per heavy atom. The van der Waals surface area contributed by atoms with Crippen LogP contribution in [0.15, 0.2) is 23.3 Å². The largest absolute Gasteiger partial charge is 0.354 e. The van der Waals surface area contributed by atoms with Crippen LogP contribution in [0.2, 0.25) is 0 Å². The van der Waals surface area contributed by atoms with E-state index in [2.05, 4.69) is 52.3 Å². The SMILES string of the molecule is CN=C(NCc1ncccc1C)NC1CCN(C(C)C)CC1.I. The maximum atomic E-state index is 4.41. The predicted molar refractivity (Wildman–Crippen MR) is 107 cm³/mol. The predicted octanol–water partition coefficient (Wildman–Crippen LogP) is 2.55. The van der Waals surface area contributed by atoms with E-state index in [4.69, 9.17) is 0 Å². The highest BCUT2D eigenvalue weighted by atomic mass is 127. The van der Waals surface area contributed by atoms with E-state index in [1.54, 1.807) is 0 Å². The molecule has 0 spiro atoms. The molecule has 0 aromatic carbocycles. The first-order valence-corrected chi connectivity index (χ1v) is 8.22. The molecule has 0 atom stereocenters. The van der Waals surface area contributed by atoms with E-state index in [1.807, 2.05) is 19.3 Å². The second-order valence-corrected chi connectivity index (χ2v) is 6.24. The van der Waals surface area contributed by atoms with Gasteiger partial charge in [-0.3, -0.25) is 9.98 Å². The third-order valence-electron chi connectivity index (χ3n) is 4.37. The molecule has 5 nitrogen and oxygen atoms in total. The number of pyridine rings is 1. The van der Waals surface area contributed by atoms with Crippen LogP contribution < -0.4 is 10.6 Å². The quantitative estimate of drug-likeness (QED) is 0.437. The van der Waals surface area contributed by atoms with Crippen molar-refractivity contribution in [1.82, 2.24) is 20.5 Å². The smallest absolute Gasteiger partial charge is 0.191 e. The fourth-order valence-corrected chi connectivity index (χ4v) is 2.82. The van der Waals surface area contributed by atoms with Crippen LogP contribution >= 0.6 is 24.0 Å². The summed E-state index contributed by atoms with van der Waals surface area (Å²) in [4.78, 5) is 11.3. The Hall–Kier alpha value is -0.890. The standard InChI is InChI=1S/C17H29N5.HI/c1-13(2)22-10-7-15(8-11-22)21-17(18-4)20-12-16-14(3)6-5-9-19-16;/h5-6,9,13,15H,7-8,10-12H2,1-4H3,(H2,18,20,21);1H. The first-order chi connectivity index (χ1) is 10.6. The minimum Gasteiger partial charge on any atom is -0.354 e.